The lowest BCUT2D eigenvalue weighted by atomic mass is 10.2. The average Bonchev–Trinajstić information content (AvgIpc) is 3.05. The van der Waals surface area contributed by atoms with Crippen molar-refractivity contribution in [2.75, 3.05) is 22.8 Å². The lowest BCUT2D eigenvalue weighted by molar-refractivity contribution is -0.118. The molecule has 144 valence electrons. The predicted octanol–water partition coefficient (Wildman–Crippen LogP) is 3.95. The molecule has 1 N–H and O–H groups in total. The smallest absolute Gasteiger partial charge is 0.264 e. The van der Waals surface area contributed by atoms with Crippen LogP contribution in [0.1, 0.15) is 25.8 Å². The number of fused-ring (bicyclic) bond motifs is 1. The maximum atomic E-state index is 13.1. The lowest BCUT2D eigenvalue weighted by Crippen LogP contribution is -2.29. The Bertz CT molecular complexity index is 958. The number of carbonyl (C=O) groups excluding carboxylic acids is 1. The van der Waals surface area contributed by atoms with Crippen LogP contribution in [0.5, 0.6) is 5.75 Å². The normalized spacial score (nSPS) is 13.4. The largest absolute Gasteiger partial charge is 0.494 e. The van der Waals surface area contributed by atoms with Crippen molar-refractivity contribution >= 4 is 43.2 Å². The Balaban J connectivity index is 1.98. The fraction of sp³-hybridized carbons (Fsp3) is 0.316. The number of rotatable bonds is 6. The van der Waals surface area contributed by atoms with Gasteiger partial charge in [0.05, 0.1) is 12.3 Å². The summed E-state index contributed by atoms with van der Waals surface area (Å²) in [5.74, 6) is 0.581. The van der Waals surface area contributed by atoms with Gasteiger partial charge in [-0.05, 0) is 55.3 Å². The summed E-state index contributed by atoms with van der Waals surface area (Å²) in [7, 11) is -3.88. The van der Waals surface area contributed by atoms with Crippen LogP contribution in [0.2, 0.25) is 0 Å². The minimum Gasteiger partial charge on any atom is -0.494 e. The number of sulfonamides is 1. The number of halogens is 1. The van der Waals surface area contributed by atoms with Crippen molar-refractivity contribution in [3.63, 3.8) is 0 Å². The molecule has 1 aliphatic rings. The summed E-state index contributed by atoms with van der Waals surface area (Å²) < 4.78 is 34.8. The third-order valence-electron chi connectivity index (χ3n) is 4.30. The maximum absolute atomic E-state index is 13.1. The third-order valence-corrected chi connectivity index (χ3v) is 6.16. The van der Waals surface area contributed by atoms with E-state index in [0.717, 1.165) is 5.56 Å². The number of ether oxygens (including phenoxy) is 1. The number of hydrogen-bond donors (Lipinski definition) is 1. The first-order valence-corrected chi connectivity index (χ1v) is 11.0. The molecule has 0 aliphatic carbocycles. The van der Waals surface area contributed by atoms with Gasteiger partial charge in [0.2, 0.25) is 5.91 Å². The van der Waals surface area contributed by atoms with Crippen molar-refractivity contribution in [1.82, 2.24) is 0 Å². The van der Waals surface area contributed by atoms with Gasteiger partial charge in [-0.25, -0.2) is 8.42 Å². The van der Waals surface area contributed by atoms with Crippen molar-refractivity contribution in [2.24, 2.45) is 0 Å². The highest BCUT2D eigenvalue weighted by molar-refractivity contribution is 9.10. The first-order chi connectivity index (χ1) is 12.9. The molecule has 0 saturated carbocycles. The van der Waals surface area contributed by atoms with Gasteiger partial charge < -0.3 is 9.64 Å². The molecule has 1 amide bonds. The number of nitrogens with zero attached hydrogens (tertiary/aromatic N) is 1. The summed E-state index contributed by atoms with van der Waals surface area (Å²) in [6.07, 6.45) is 0.952. The van der Waals surface area contributed by atoms with Gasteiger partial charge in [-0.3, -0.25) is 9.52 Å². The molecule has 2 aromatic carbocycles. The van der Waals surface area contributed by atoms with E-state index >= 15 is 0 Å². The van der Waals surface area contributed by atoms with Crippen LogP contribution in [-0.2, 0) is 21.2 Å². The van der Waals surface area contributed by atoms with E-state index in [0.29, 0.717) is 47.6 Å². The molecule has 0 bridgehead atoms. The lowest BCUT2D eigenvalue weighted by Gasteiger charge is -2.20. The number of hydrogen-bond acceptors (Lipinski definition) is 4. The van der Waals surface area contributed by atoms with Gasteiger partial charge in [0.25, 0.3) is 10.0 Å². The quantitative estimate of drug-likeness (QED) is 0.719. The van der Waals surface area contributed by atoms with Gasteiger partial charge >= 0.3 is 0 Å². The molecule has 0 spiro atoms. The summed E-state index contributed by atoms with van der Waals surface area (Å²) in [5.41, 5.74) is 1.75. The molecule has 6 nitrogen and oxygen atoms in total. The second-order valence-corrected chi connectivity index (χ2v) is 8.69. The van der Waals surface area contributed by atoms with E-state index in [2.05, 4.69) is 20.7 Å². The molecule has 0 aromatic heterocycles. The Morgan fingerprint density at radius 1 is 1.22 bits per heavy atom. The predicted molar refractivity (Wildman–Crippen MR) is 109 cm³/mol. The number of anilines is 2. The van der Waals surface area contributed by atoms with Gasteiger partial charge in [0, 0.05) is 23.1 Å². The van der Waals surface area contributed by atoms with Crippen LogP contribution in [-0.4, -0.2) is 27.5 Å². The molecule has 0 radical (unpaired) electrons. The zero-order valence-corrected chi connectivity index (χ0v) is 17.6. The Hall–Kier alpha value is -2.06. The Morgan fingerprint density at radius 3 is 2.56 bits per heavy atom. The number of carbonyl (C=O) groups is 1. The molecule has 3 rings (SSSR count). The van der Waals surface area contributed by atoms with E-state index in [9.17, 15) is 13.2 Å². The Labute approximate surface area is 167 Å². The summed E-state index contributed by atoms with van der Waals surface area (Å²) in [4.78, 5) is 13.9. The summed E-state index contributed by atoms with van der Waals surface area (Å²) in [6, 6.07) is 10.1. The first-order valence-electron chi connectivity index (χ1n) is 8.74. The van der Waals surface area contributed by atoms with Gasteiger partial charge in [-0.15, -0.1) is 0 Å². The molecule has 0 atom stereocenters. The molecule has 0 unspecified atom stereocenters. The zero-order chi connectivity index (χ0) is 19.6. The molecule has 2 aromatic rings. The highest BCUT2D eigenvalue weighted by atomic mass is 79.9. The van der Waals surface area contributed by atoms with Crippen LogP contribution >= 0.6 is 15.9 Å². The van der Waals surface area contributed by atoms with Crippen LogP contribution < -0.4 is 14.4 Å². The third kappa shape index (κ3) is 4.11. The van der Waals surface area contributed by atoms with Crippen LogP contribution in [0.3, 0.4) is 0 Å². The molecular formula is C19H21BrN2O4S. The Morgan fingerprint density at radius 2 is 1.93 bits per heavy atom. The van der Waals surface area contributed by atoms with Gasteiger partial charge in [-0.1, -0.05) is 22.9 Å². The van der Waals surface area contributed by atoms with Crippen molar-refractivity contribution < 1.29 is 17.9 Å². The van der Waals surface area contributed by atoms with Gasteiger partial charge in [-0.2, -0.15) is 0 Å². The van der Waals surface area contributed by atoms with Crippen molar-refractivity contribution in [3.8, 4) is 5.75 Å². The van der Waals surface area contributed by atoms with Crippen molar-refractivity contribution in [2.45, 2.75) is 31.6 Å². The monoisotopic (exact) mass is 452 g/mol. The van der Waals surface area contributed by atoms with Crippen LogP contribution in [0.25, 0.3) is 0 Å². The van der Waals surface area contributed by atoms with E-state index in [-0.39, 0.29) is 10.8 Å². The summed E-state index contributed by atoms with van der Waals surface area (Å²) in [5, 5.41) is 0. The van der Waals surface area contributed by atoms with Gasteiger partial charge in [0.1, 0.15) is 10.6 Å². The zero-order valence-electron chi connectivity index (χ0n) is 15.2. The number of benzene rings is 2. The van der Waals surface area contributed by atoms with E-state index in [1.165, 1.54) is 6.07 Å². The maximum Gasteiger partial charge on any atom is 0.264 e. The second-order valence-electron chi connectivity index (χ2n) is 6.12. The minimum absolute atomic E-state index is 0.0893. The number of nitrogens with one attached hydrogen (secondary N) is 1. The minimum atomic E-state index is -3.88. The summed E-state index contributed by atoms with van der Waals surface area (Å²) >= 11 is 3.38. The highest BCUT2D eigenvalue weighted by Gasteiger charge is 2.32. The highest BCUT2D eigenvalue weighted by Crippen LogP contribution is 2.38. The molecule has 0 fully saturated rings. The fourth-order valence-electron chi connectivity index (χ4n) is 3.11. The molecule has 0 saturated heterocycles. The molecular weight excluding hydrogens is 432 g/mol. The molecule has 8 heteroatoms. The molecule has 1 aliphatic heterocycles. The van der Waals surface area contributed by atoms with Crippen LogP contribution in [0, 0.1) is 0 Å². The second kappa shape index (κ2) is 7.90. The van der Waals surface area contributed by atoms with Gasteiger partial charge in [0.15, 0.2) is 0 Å². The average molecular weight is 453 g/mol. The van der Waals surface area contributed by atoms with Crippen LogP contribution in [0.15, 0.2) is 45.8 Å². The topological polar surface area (TPSA) is 75.7 Å². The van der Waals surface area contributed by atoms with E-state index < -0.39 is 10.0 Å². The standard InChI is InChI=1S/C19H21BrN2O4S/c1-3-18(23)22-10-9-13-11-14(20)12-17(19(13)22)27(24,25)21-15-5-7-16(8-6-15)26-4-2/h5-8,11-12,21H,3-4,9-10H2,1-2H3. The van der Waals surface area contributed by atoms with Crippen molar-refractivity contribution in [3.05, 3.63) is 46.4 Å². The van der Waals surface area contributed by atoms with Crippen molar-refractivity contribution in [1.29, 1.82) is 0 Å². The van der Waals surface area contributed by atoms with E-state index in [4.69, 9.17) is 4.74 Å². The molecule has 1 heterocycles. The first kappa shape index (κ1) is 19.7. The molecule has 27 heavy (non-hydrogen) atoms. The fourth-order valence-corrected chi connectivity index (χ4v) is 5.10. The number of amides is 1. The van der Waals surface area contributed by atoms with E-state index in [1.54, 1.807) is 36.1 Å². The Kier molecular flexibility index (Phi) is 5.76. The van der Waals surface area contributed by atoms with E-state index in [1.807, 2.05) is 13.0 Å². The SMILES string of the molecule is CCOc1ccc(NS(=O)(=O)c2cc(Br)cc3c2N(C(=O)CC)CC3)cc1. The summed E-state index contributed by atoms with van der Waals surface area (Å²) in [6.45, 7) is 4.68. The van der Waals surface area contributed by atoms with Crippen LogP contribution in [0.4, 0.5) is 11.4 Å².